The van der Waals surface area contributed by atoms with Crippen molar-refractivity contribution in [2.45, 2.75) is 46.0 Å². The van der Waals surface area contributed by atoms with Crippen LogP contribution in [0.4, 0.5) is 0 Å². The predicted molar refractivity (Wildman–Crippen MR) is 58.6 cm³/mol. The van der Waals surface area contributed by atoms with Crippen molar-refractivity contribution in [1.82, 2.24) is 5.32 Å². The quantitative estimate of drug-likeness (QED) is 0.648. The molecule has 0 rings (SSSR count). The molecule has 0 aliphatic rings. The van der Waals surface area contributed by atoms with Crippen molar-refractivity contribution in [3.05, 3.63) is 0 Å². The largest absolute Gasteiger partial charge is 0.481 e. The second kappa shape index (κ2) is 8.26. The standard InChI is InChI=1S/C11H21NO3/c1-3-4-5-10(13)12-8-9(2)6-7-11(14)15/h9H,3-8H2,1-2H3,(H,12,13)(H,14,15). The van der Waals surface area contributed by atoms with Crippen LogP contribution < -0.4 is 5.32 Å². The molecular formula is C11H21NO3. The van der Waals surface area contributed by atoms with Gasteiger partial charge in [-0.1, -0.05) is 20.3 Å². The zero-order valence-electron chi connectivity index (χ0n) is 9.58. The molecule has 0 spiro atoms. The molecule has 0 aromatic heterocycles. The highest BCUT2D eigenvalue weighted by atomic mass is 16.4. The molecule has 0 saturated carbocycles. The van der Waals surface area contributed by atoms with Crippen LogP contribution in [0.25, 0.3) is 0 Å². The minimum absolute atomic E-state index is 0.0685. The van der Waals surface area contributed by atoms with Crippen molar-refractivity contribution < 1.29 is 14.7 Å². The summed E-state index contributed by atoms with van der Waals surface area (Å²) in [5, 5.41) is 11.3. The molecule has 1 atom stereocenters. The first-order valence-electron chi connectivity index (χ1n) is 5.54. The molecule has 0 heterocycles. The van der Waals surface area contributed by atoms with Crippen molar-refractivity contribution in [1.29, 1.82) is 0 Å². The summed E-state index contributed by atoms with van der Waals surface area (Å²) in [6.07, 6.45) is 3.29. The number of carbonyl (C=O) groups is 2. The lowest BCUT2D eigenvalue weighted by Gasteiger charge is -2.11. The first kappa shape index (κ1) is 13.9. The van der Waals surface area contributed by atoms with Crippen molar-refractivity contribution in [2.75, 3.05) is 6.54 Å². The molecule has 4 nitrogen and oxygen atoms in total. The number of amides is 1. The van der Waals surface area contributed by atoms with Crippen LogP contribution in [0.15, 0.2) is 0 Å². The predicted octanol–water partition coefficient (Wildman–Crippen LogP) is 1.79. The lowest BCUT2D eigenvalue weighted by atomic mass is 10.1. The Kier molecular flexibility index (Phi) is 7.68. The van der Waals surface area contributed by atoms with Crippen molar-refractivity contribution >= 4 is 11.9 Å². The fraction of sp³-hybridized carbons (Fsp3) is 0.818. The zero-order valence-corrected chi connectivity index (χ0v) is 9.58. The Morgan fingerprint density at radius 1 is 1.33 bits per heavy atom. The van der Waals surface area contributed by atoms with Crippen LogP contribution in [0, 0.1) is 5.92 Å². The molecule has 15 heavy (non-hydrogen) atoms. The van der Waals surface area contributed by atoms with Crippen LogP contribution in [-0.4, -0.2) is 23.5 Å². The highest BCUT2D eigenvalue weighted by Gasteiger charge is 2.07. The van der Waals surface area contributed by atoms with Gasteiger partial charge in [-0.25, -0.2) is 0 Å². The third kappa shape index (κ3) is 9.25. The second-order valence-corrected chi connectivity index (χ2v) is 3.95. The Morgan fingerprint density at radius 2 is 2.00 bits per heavy atom. The van der Waals surface area contributed by atoms with E-state index in [4.69, 9.17) is 5.11 Å². The van der Waals surface area contributed by atoms with E-state index in [1.54, 1.807) is 0 Å². The fourth-order valence-corrected chi connectivity index (χ4v) is 1.19. The summed E-state index contributed by atoms with van der Waals surface area (Å²) in [6, 6.07) is 0. The molecule has 4 heteroatoms. The number of nitrogens with one attached hydrogen (secondary N) is 1. The highest BCUT2D eigenvalue weighted by Crippen LogP contribution is 2.04. The molecule has 0 bridgehead atoms. The van der Waals surface area contributed by atoms with E-state index in [1.807, 2.05) is 13.8 Å². The second-order valence-electron chi connectivity index (χ2n) is 3.95. The maximum atomic E-state index is 11.2. The van der Waals surface area contributed by atoms with E-state index in [0.717, 1.165) is 12.8 Å². The number of hydrogen-bond acceptors (Lipinski definition) is 2. The molecule has 0 aliphatic heterocycles. The topological polar surface area (TPSA) is 66.4 Å². The van der Waals surface area contributed by atoms with Gasteiger partial charge in [0.25, 0.3) is 0 Å². The summed E-state index contributed by atoms with van der Waals surface area (Å²) in [5.74, 6) is -0.482. The van der Waals surface area contributed by atoms with Gasteiger partial charge in [0.2, 0.25) is 5.91 Å². The molecule has 1 unspecified atom stereocenters. The van der Waals surface area contributed by atoms with Gasteiger partial charge in [-0.15, -0.1) is 0 Å². The Hall–Kier alpha value is -1.06. The van der Waals surface area contributed by atoms with E-state index in [-0.39, 0.29) is 18.2 Å². The highest BCUT2D eigenvalue weighted by molar-refractivity contribution is 5.75. The van der Waals surface area contributed by atoms with Crippen LogP contribution in [0.1, 0.15) is 46.0 Å². The molecule has 0 aromatic rings. The molecule has 1 amide bonds. The monoisotopic (exact) mass is 215 g/mol. The van der Waals surface area contributed by atoms with Crippen molar-refractivity contribution in [3.8, 4) is 0 Å². The molecule has 0 radical (unpaired) electrons. The molecule has 2 N–H and O–H groups in total. The first-order chi connectivity index (χ1) is 7.06. The Bertz CT molecular complexity index is 204. The van der Waals surface area contributed by atoms with Gasteiger partial charge in [0.1, 0.15) is 0 Å². The summed E-state index contributed by atoms with van der Waals surface area (Å²) >= 11 is 0. The van der Waals surface area contributed by atoms with E-state index in [2.05, 4.69) is 5.32 Å². The number of aliphatic carboxylic acids is 1. The fourth-order valence-electron chi connectivity index (χ4n) is 1.19. The van der Waals surface area contributed by atoms with E-state index >= 15 is 0 Å². The van der Waals surface area contributed by atoms with Gasteiger partial charge in [-0.05, 0) is 18.8 Å². The Balaban J connectivity index is 3.48. The van der Waals surface area contributed by atoms with E-state index in [9.17, 15) is 9.59 Å². The molecule has 0 saturated heterocycles. The first-order valence-corrected chi connectivity index (χ1v) is 5.54. The van der Waals surface area contributed by atoms with Gasteiger partial charge in [-0.2, -0.15) is 0 Å². The van der Waals surface area contributed by atoms with Crippen LogP contribution in [0.3, 0.4) is 0 Å². The number of unbranched alkanes of at least 4 members (excludes halogenated alkanes) is 1. The summed E-state index contributed by atoms with van der Waals surface area (Å²) < 4.78 is 0. The molecule has 0 aliphatic carbocycles. The van der Waals surface area contributed by atoms with Gasteiger partial charge >= 0.3 is 5.97 Å². The zero-order chi connectivity index (χ0) is 11.7. The van der Waals surface area contributed by atoms with Crippen molar-refractivity contribution in [3.63, 3.8) is 0 Å². The Morgan fingerprint density at radius 3 is 2.53 bits per heavy atom. The molecule has 88 valence electrons. The SMILES string of the molecule is CCCCC(=O)NCC(C)CCC(=O)O. The number of carboxylic acid groups (broad SMARTS) is 1. The van der Waals surface area contributed by atoms with Gasteiger partial charge in [0.15, 0.2) is 0 Å². The summed E-state index contributed by atoms with van der Waals surface area (Å²) in [4.78, 5) is 21.5. The minimum Gasteiger partial charge on any atom is -0.481 e. The van der Waals surface area contributed by atoms with Gasteiger partial charge in [-0.3, -0.25) is 9.59 Å². The Labute approximate surface area is 91.1 Å². The number of carbonyl (C=O) groups excluding carboxylic acids is 1. The smallest absolute Gasteiger partial charge is 0.303 e. The third-order valence-electron chi connectivity index (χ3n) is 2.26. The number of rotatable bonds is 8. The number of carboxylic acids is 1. The maximum Gasteiger partial charge on any atom is 0.303 e. The maximum absolute atomic E-state index is 11.2. The van der Waals surface area contributed by atoms with E-state index in [1.165, 1.54) is 0 Å². The summed E-state index contributed by atoms with van der Waals surface area (Å²) in [6.45, 7) is 4.57. The normalized spacial score (nSPS) is 12.1. The molecule has 0 aromatic carbocycles. The van der Waals surface area contributed by atoms with Gasteiger partial charge in [0, 0.05) is 19.4 Å². The summed E-state index contributed by atoms with van der Waals surface area (Å²) in [5.41, 5.74) is 0. The lowest BCUT2D eigenvalue weighted by molar-refractivity contribution is -0.137. The van der Waals surface area contributed by atoms with E-state index < -0.39 is 5.97 Å². The molecule has 0 fully saturated rings. The van der Waals surface area contributed by atoms with Crippen LogP contribution in [0.2, 0.25) is 0 Å². The average molecular weight is 215 g/mol. The molecular weight excluding hydrogens is 194 g/mol. The van der Waals surface area contributed by atoms with Crippen LogP contribution in [-0.2, 0) is 9.59 Å². The van der Waals surface area contributed by atoms with Gasteiger partial charge < -0.3 is 10.4 Å². The van der Waals surface area contributed by atoms with Crippen LogP contribution in [0.5, 0.6) is 0 Å². The lowest BCUT2D eigenvalue weighted by Crippen LogP contribution is -2.28. The third-order valence-corrected chi connectivity index (χ3v) is 2.26. The number of hydrogen-bond donors (Lipinski definition) is 2. The van der Waals surface area contributed by atoms with E-state index in [0.29, 0.717) is 19.4 Å². The summed E-state index contributed by atoms with van der Waals surface area (Å²) in [7, 11) is 0. The average Bonchev–Trinajstić information content (AvgIpc) is 2.20. The minimum atomic E-state index is -0.779. The van der Waals surface area contributed by atoms with Gasteiger partial charge in [0.05, 0.1) is 0 Å². The van der Waals surface area contributed by atoms with Crippen LogP contribution >= 0.6 is 0 Å². The van der Waals surface area contributed by atoms with Crippen molar-refractivity contribution in [2.24, 2.45) is 5.92 Å².